The van der Waals surface area contributed by atoms with Gasteiger partial charge in [-0.05, 0) is 25.3 Å². The van der Waals surface area contributed by atoms with Crippen molar-refractivity contribution in [1.29, 1.82) is 0 Å². The third-order valence-electron chi connectivity index (χ3n) is 3.18. The molecule has 0 bridgehead atoms. The Kier molecular flexibility index (Phi) is 3.75. The molecule has 0 aliphatic rings. The normalized spacial score (nSPS) is 11.6. The molecule has 0 unspecified atom stereocenters. The average Bonchev–Trinajstić information content (AvgIpc) is 2.86. The number of thiophene rings is 1. The van der Waals surface area contributed by atoms with Gasteiger partial charge in [-0.3, -0.25) is 0 Å². The minimum absolute atomic E-state index is 0.0637. The highest BCUT2D eigenvalue weighted by molar-refractivity contribution is 7.10. The molecule has 0 fully saturated rings. The lowest BCUT2D eigenvalue weighted by Gasteiger charge is -2.24. The molecule has 4 nitrogen and oxygen atoms in total. The molecule has 0 aromatic carbocycles. The molecule has 0 spiro atoms. The molecule has 2 heterocycles. The molecule has 0 radical (unpaired) electrons. The van der Waals surface area contributed by atoms with Crippen molar-refractivity contribution < 1.29 is 0 Å². The maximum absolute atomic E-state index is 5.87. The topological polar surface area (TPSA) is 63.8 Å². The van der Waals surface area contributed by atoms with Gasteiger partial charge in [0.05, 0.1) is 0 Å². The molecular formula is C14H20N4S. The predicted molar refractivity (Wildman–Crippen MR) is 81.8 cm³/mol. The van der Waals surface area contributed by atoms with Crippen molar-refractivity contribution in [2.24, 2.45) is 0 Å². The van der Waals surface area contributed by atoms with Crippen molar-refractivity contribution in [3.05, 3.63) is 33.8 Å². The standard InChI is InChI=1S/C14H20N4S/c1-9-12(15)17-10(2)18-13(9)16-8-14(3,4)11-6-5-7-19-11/h5-7H,8H2,1-4H3,(H3,15,16,17,18). The number of hydrogen-bond donors (Lipinski definition) is 2. The van der Waals surface area contributed by atoms with E-state index in [9.17, 15) is 0 Å². The van der Waals surface area contributed by atoms with Gasteiger partial charge in [-0.15, -0.1) is 11.3 Å². The number of rotatable bonds is 4. The second kappa shape index (κ2) is 5.17. The van der Waals surface area contributed by atoms with E-state index in [0.29, 0.717) is 11.6 Å². The second-order valence-electron chi connectivity index (χ2n) is 5.34. The Labute approximate surface area is 118 Å². The van der Waals surface area contributed by atoms with E-state index in [-0.39, 0.29) is 5.41 Å². The molecule has 0 atom stereocenters. The van der Waals surface area contributed by atoms with Crippen LogP contribution in [0.25, 0.3) is 0 Å². The maximum Gasteiger partial charge on any atom is 0.134 e. The summed E-state index contributed by atoms with van der Waals surface area (Å²) < 4.78 is 0. The van der Waals surface area contributed by atoms with Gasteiger partial charge in [0.1, 0.15) is 17.5 Å². The first kappa shape index (κ1) is 13.8. The van der Waals surface area contributed by atoms with Gasteiger partial charge in [0.2, 0.25) is 0 Å². The fourth-order valence-electron chi connectivity index (χ4n) is 1.88. The molecule has 3 N–H and O–H groups in total. The summed E-state index contributed by atoms with van der Waals surface area (Å²) in [6.45, 7) is 9.04. The summed E-state index contributed by atoms with van der Waals surface area (Å²) in [5.41, 5.74) is 6.84. The van der Waals surface area contributed by atoms with Crippen molar-refractivity contribution in [2.45, 2.75) is 33.1 Å². The van der Waals surface area contributed by atoms with E-state index in [1.165, 1.54) is 4.88 Å². The van der Waals surface area contributed by atoms with Crippen LogP contribution >= 0.6 is 11.3 Å². The van der Waals surface area contributed by atoms with Crippen LogP contribution < -0.4 is 11.1 Å². The molecule has 2 rings (SSSR count). The molecule has 19 heavy (non-hydrogen) atoms. The Morgan fingerprint density at radius 3 is 2.68 bits per heavy atom. The Morgan fingerprint density at radius 1 is 1.32 bits per heavy atom. The molecule has 0 aliphatic carbocycles. The lowest BCUT2D eigenvalue weighted by atomic mass is 9.91. The lowest BCUT2D eigenvalue weighted by Crippen LogP contribution is -2.27. The number of nitrogen functional groups attached to an aromatic ring is 1. The van der Waals surface area contributed by atoms with Gasteiger partial charge in [0, 0.05) is 22.4 Å². The first-order valence-electron chi connectivity index (χ1n) is 6.29. The van der Waals surface area contributed by atoms with E-state index >= 15 is 0 Å². The molecule has 5 heteroatoms. The zero-order valence-corrected chi connectivity index (χ0v) is 12.6. The first-order valence-corrected chi connectivity index (χ1v) is 7.17. The zero-order chi connectivity index (χ0) is 14.0. The van der Waals surface area contributed by atoms with E-state index in [1.54, 1.807) is 11.3 Å². The van der Waals surface area contributed by atoms with Gasteiger partial charge < -0.3 is 11.1 Å². The van der Waals surface area contributed by atoms with Gasteiger partial charge >= 0.3 is 0 Å². The summed E-state index contributed by atoms with van der Waals surface area (Å²) in [4.78, 5) is 9.93. The van der Waals surface area contributed by atoms with Crippen molar-refractivity contribution >= 4 is 23.0 Å². The summed E-state index contributed by atoms with van der Waals surface area (Å²) >= 11 is 1.78. The number of hydrogen-bond acceptors (Lipinski definition) is 5. The summed E-state index contributed by atoms with van der Waals surface area (Å²) in [6.07, 6.45) is 0. The molecule has 0 aliphatic heterocycles. The Morgan fingerprint density at radius 2 is 2.05 bits per heavy atom. The second-order valence-corrected chi connectivity index (χ2v) is 6.29. The van der Waals surface area contributed by atoms with Crippen molar-refractivity contribution in [3.8, 4) is 0 Å². The number of anilines is 2. The van der Waals surface area contributed by atoms with Gasteiger partial charge in [0.15, 0.2) is 0 Å². The van der Waals surface area contributed by atoms with Crippen LogP contribution in [0.15, 0.2) is 17.5 Å². The lowest BCUT2D eigenvalue weighted by molar-refractivity contribution is 0.568. The molecule has 2 aromatic rings. The van der Waals surface area contributed by atoms with Crippen LogP contribution in [-0.2, 0) is 5.41 Å². The molecule has 0 saturated heterocycles. The van der Waals surface area contributed by atoms with E-state index in [4.69, 9.17) is 5.73 Å². The van der Waals surface area contributed by atoms with Crippen LogP contribution in [0, 0.1) is 13.8 Å². The number of nitrogens with two attached hydrogens (primary N) is 1. The predicted octanol–water partition coefficient (Wildman–Crippen LogP) is 3.13. The molecule has 2 aromatic heterocycles. The zero-order valence-electron chi connectivity index (χ0n) is 11.8. The highest BCUT2D eigenvalue weighted by Gasteiger charge is 2.22. The summed E-state index contributed by atoms with van der Waals surface area (Å²) in [5.74, 6) is 2.07. The monoisotopic (exact) mass is 276 g/mol. The molecular weight excluding hydrogens is 256 g/mol. The van der Waals surface area contributed by atoms with Crippen LogP contribution in [0.3, 0.4) is 0 Å². The van der Waals surface area contributed by atoms with Crippen LogP contribution in [-0.4, -0.2) is 16.5 Å². The van der Waals surface area contributed by atoms with E-state index in [2.05, 4.69) is 46.6 Å². The number of nitrogens with one attached hydrogen (secondary N) is 1. The van der Waals surface area contributed by atoms with E-state index < -0.39 is 0 Å². The summed E-state index contributed by atoms with van der Waals surface area (Å²) in [7, 11) is 0. The van der Waals surface area contributed by atoms with Crippen LogP contribution in [0.5, 0.6) is 0 Å². The Bertz CT molecular complexity index is 561. The van der Waals surface area contributed by atoms with Crippen molar-refractivity contribution in [3.63, 3.8) is 0 Å². The highest BCUT2D eigenvalue weighted by atomic mass is 32.1. The first-order chi connectivity index (χ1) is 8.90. The Balaban J connectivity index is 2.15. The van der Waals surface area contributed by atoms with Crippen LogP contribution in [0.2, 0.25) is 0 Å². The smallest absolute Gasteiger partial charge is 0.134 e. The van der Waals surface area contributed by atoms with Crippen LogP contribution in [0.1, 0.15) is 30.1 Å². The van der Waals surface area contributed by atoms with E-state index in [0.717, 1.165) is 17.9 Å². The molecule has 0 amide bonds. The highest BCUT2D eigenvalue weighted by Crippen LogP contribution is 2.28. The molecule has 102 valence electrons. The number of aryl methyl sites for hydroxylation is 1. The van der Waals surface area contributed by atoms with Gasteiger partial charge in [0.25, 0.3) is 0 Å². The third-order valence-corrected chi connectivity index (χ3v) is 4.42. The van der Waals surface area contributed by atoms with Crippen molar-refractivity contribution in [2.75, 3.05) is 17.6 Å². The SMILES string of the molecule is Cc1nc(N)c(C)c(NCC(C)(C)c2cccs2)n1. The third kappa shape index (κ3) is 3.04. The largest absolute Gasteiger partial charge is 0.383 e. The quantitative estimate of drug-likeness (QED) is 0.900. The fourth-order valence-corrected chi connectivity index (χ4v) is 2.73. The van der Waals surface area contributed by atoms with Crippen molar-refractivity contribution in [1.82, 2.24) is 9.97 Å². The van der Waals surface area contributed by atoms with Gasteiger partial charge in [-0.2, -0.15) is 0 Å². The summed E-state index contributed by atoms with van der Waals surface area (Å²) in [5, 5.41) is 5.51. The van der Waals surface area contributed by atoms with Crippen LogP contribution in [0.4, 0.5) is 11.6 Å². The summed E-state index contributed by atoms with van der Waals surface area (Å²) in [6, 6.07) is 4.25. The minimum Gasteiger partial charge on any atom is -0.383 e. The minimum atomic E-state index is 0.0637. The molecule has 0 saturated carbocycles. The number of nitrogens with zero attached hydrogens (tertiary/aromatic N) is 2. The average molecular weight is 276 g/mol. The fraction of sp³-hybridized carbons (Fsp3) is 0.429. The van der Waals surface area contributed by atoms with E-state index in [1.807, 2.05) is 13.8 Å². The number of aromatic nitrogens is 2. The van der Waals surface area contributed by atoms with Gasteiger partial charge in [-0.25, -0.2) is 9.97 Å². The maximum atomic E-state index is 5.87. The van der Waals surface area contributed by atoms with Gasteiger partial charge in [-0.1, -0.05) is 19.9 Å². The Hall–Kier alpha value is -1.62.